The van der Waals surface area contributed by atoms with Crippen molar-refractivity contribution in [2.45, 2.75) is 56.9 Å². The lowest BCUT2D eigenvalue weighted by Crippen LogP contribution is -2.44. The SMILES string of the molecule is CC1(C)OC2OC(C(O)CO)C(OCc3ccc4ccccc4c3)C2O1. The zero-order chi connectivity index (χ0) is 18.3. The van der Waals surface area contributed by atoms with Crippen molar-refractivity contribution in [1.82, 2.24) is 0 Å². The predicted molar refractivity (Wildman–Crippen MR) is 94.3 cm³/mol. The van der Waals surface area contributed by atoms with Crippen LogP contribution in [-0.4, -0.2) is 53.3 Å². The summed E-state index contributed by atoms with van der Waals surface area (Å²) in [4.78, 5) is 0. The van der Waals surface area contributed by atoms with Crippen LogP contribution in [0, 0.1) is 0 Å². The van der Waals surface area contributed by atoms with E-state index in [0.717, 1.165) is 10.9 Å². The third kappa shape index (κ3) is 3.36. The Labute approximate surface area is 152 Å². The molecule has 2 aliphatic rings. The maximum Gasteiger partial charge on any atom is 0.190 e. The average Bonchev–Trinajstić information content (AvgIpc) is 3.11. The second-order valence-corrected chi connectivity index (χ2v) is 7.28. The lowest BCUT2D eigenvalue weighted by Gasteiger charge is -2.28. The van der Waals surface area contributed by atoms with E-state index in [0.29, 0.717) is 6.61 Å². The molecule has 2 aromatic rings. The molecule has 6 nitrogen and oxygen atoms in total. The van der Waals surface area contributed by atoms with Crippen LogP contribution < -0.4 is 0 Å². The highest BCUT2D eigenvalue weighted by atomic mass is 16.8. The largest absolute Gasteiger partial charge is 0.394 e. The minimum Gasteiger partial charge on any atom is -0.394 e. The molecule has 0 spiro atoms. The quantitative estimate of drug-likeness (QED) is 0.849. The number of hydrogen-bond donors (Lipinski definition) is 2. The van der Waals surface area contributed by atoms with Gasteiger partial charge < -0.3 is 29.2 Å². The van der Waals surface area contributed by atoms with Gasteiger partial charge in [0.1, 0.15) is 24.4 Å². The van der Waals surface area contributed by atoms with Crippen molar-refractivity contribution in [2.75, 3.05) is 6.61 Å². The predicted octanol–water partition coefficient (Wildman–Crippen LogP) is 1.95. The van der Waals surface area contributed by atoms with Crippen molar-refractivity contribution >= 4 is 10.8 Å². The van der Waals surface area contributed by atoms with Crippen molar-refractivity contribution < 1.29 is 29.2 Å². The van der Waals surface area contributed by atoms with E-state index in [-0.39, 0.29) is 0 Å². The summed E-state index contributed by atoms with van der Waals surface area (Å²) in [5.41, 5.74) is 1.02. The molecule has 2 heterocycles. The second kappa shape index (κ2) is 6.88. The molecular weight excluding hydrogens is 336 g/mol. The van der Waals surface area contributed by atoms with Crippen LogP contribution in [0.4, 0.5) is 0 Å². The molecule has 2 aromatic carbocycles. The third-order valence-electron chi connectivity index (χ3n) is 4.85. The van der Waals surface area contributed by atoms with E-state index >= 15 is 0 Å². The van der Waals surface area contributed by atoms with Gasteiger partial charge in [0.15, 0.2) is 12.1 Å². The zero-order valence-corrected chi connectivity index (χ0v) is 14.9. The summed E-state index contributed by atoms with van der Waals surface area (Å²) in [5.74, 6) is -0.769. The summed E-state index contributed by atoms with van der Waals surface area (Å²) in [6.45, 7) is 3.56. The molecule has 26 heavy (non-hydrogen) atoms. The molecule has 0 bridgehead atoms. The first kappa shape index (κ1) is 17.9. The Hall–Kier alpha value is -1.54. The fourth-order valence-corrected chi connectivity index (χ4v) is 3.63. The Balaban J connectivity index is 1.51. The van der Waals surface area contributed by atoms with Gasteiger partial charge >= 0.3 is 0 Å². The van der Waals surface area contributed by atoms with Gasteiger partial charge in [-0.1, -0.05) is 36.4 Å². The van der Waals surface area contributed by atoms with Crippen LogP contribution in [0.15, 0.2) is 42.5 Å². The molecule has 2 saturated heterocycles. The number of benzene rings is 2. The van der Waals surface area contributed by atoms with E-state index in [1.807, 2.05) is 32.0 Å². The lowest BCUT2D eigenvalue weighted by atomic mass is 10.1. The molecule has 0 saturated carbocycles. The first-order valence-electron chi connectivity index (χ1n) is 8.86. The zero-order valence-electron chi connectivity index (χ0n) is 14.9. The Kier molecular flexibility index (Phi) is 4.73. The summed E-state index contributed by atoms with van der Waals surface area (Å²) >= 11 is 0. The van der Waals surface area contributed by atoms with Gasteiger partial charge in [-0.25, -0.2) is 0 Å². The van der Waals surface area contributed by atoms with Gasteiger partial charge in [0.05, 0.1) is 13.2 Å². The van der Waals surface area contributed by atoms with Gasteiger partial charge in [-0.2, -0.15) is 0 Å². The topological polar surface area (TPSA) is 77.4 Å². The van der Waals surface area contributed by atoms with Crippen LogP contribution in [0.25, 0.3) is 10.8 Å². The molecule has 6 heteroatoms. The molecule has 0 radical (unpaired) electrons. The van der Waals surface area contributed by atoms with E-state index in [9.17, 15) is 10.2 Å². The van der Waals surface area contributed by atoms with E-state index in [4.69, 9.17) is 18.9 Å². The molecule has 5 atom stereocenters. The summed E-state index contributed by atoms with van der Waals surface area (Å²) < 4.78 is 23.5. The summed E-state index contributed by atoms with van der Waals surface area (Å²) in [6.07, 6.45) is -3.35. The van der Waals surface area contributed by atoms with Crippen molar-refractivity contribution in [3.05, 3.63) is 48.0 Å². The molecule has 0 aliphatic carbocycles. The summed E-state index contributed by atoms with van der Waals surface area (Å²) in [6, 6.07) is 14.3. The van der Waals surface area contributed by atoms with Gasteiger partial charge in [-0.15, -0.1) is 0 Å². The maximum absolute atomic E-state index is 10.1. The van der Waals surface area contributed by atoms with Crippen LogP contribution in [0.3, 0.4) is 0 Å². The van der Waals surface area contributed by atoms with Crippen LogP contribution in [-0.2, 0) is 25.6 Å². The molecular formula is C20H24O6. The summed E-state index contributed by atoms with van der Waals surface area (Å²) in [5, 5.41) is 21.7. The van der Waals surface area contributed by atoms with Crippen LogP contribution in [0.2, 0.25) is 0 Å². The Bertz CT molecular complexity index is 776. The number of aliphatic hydroxyl groups excluding tert-OH is 2. The van der Waals surface area contributed by atoms with Gasteiger partial charge in [-0.05, 0) is 36.2 Å². The highest BCUT2D eigenvalue weighted by Crippen LogP contribution is 2.40. The molecule has 2 aliphatic heterocycles. The normalized spacial score (nSPS) is 31.2. The van der Waals surface area contributed by atoms with Gasteiger partial charge in [0.25, 0.3) is 0 Å². The molecule has 140 valence electrons. The number of ether oxygens (including phenoxy) is 4. The van der Waals surface area contributed by atoms with Gasteiger partial charge in [-0.3, -0.25) is 0 Å². The molecule has 0 amide bonds. The lowest BCUT2D eigenvalue weighted by molar-refractivity contribution is -0.232. The number of rotatable bonds is 5. The standard InChI is InChI=1S/C20H24O6/c1-20(2)25-18-17(16(15(22)10-21)24-19(18)26-20)23-11-12-7-8-13-5-3-4-6-14(13)9-12/h3-9,15-19,21-22H,10-11H2,1-2H3. The van der Waals surface area contributed by atoms with E-state index in [1.54, 1.807) is 0 Å². The molecule has 0 aromatic heterocycles. The molecule has 2 fully saturated rings. The molecule has 5 unspecified atom stereocenters. The monoisotopic (exact) mass is 360 g/mol. The number of aliphatic hydroxyl groups is 2. The van der Waals surface area contributed by atoms with E-state index < -0.39 is 43.1 Å². The smallest absolute Gasteiger partial charge is 0.190 e. The molecule has 4 rings (SSSR count). The highest BCUT2D eigenvalue weighted by molar-refractivity contribution is 5.82. The maximum atomic E-state index is 10.1. The van der Waals surface area contributed by atoms with Crippen molar-refractivity contribution in [2.24, 2.45) is 0 Å². The Morgan fingerprint density at radius 3 is 2.65 bits per heavy atom. The van der Waals surface area contributed by atoms with E-state index in [2.05, 4.69) is 24.3 Å². The Morgan fingerprint density at radius 1 is 1.12 bits per heavy atom. The fourth-order valence-electron chi connectivity index (χ4n) is 3.63. The van der Waals surface area contributed by atoms with Crippen molar-refractivity contribution in [3.63, 3.8) is 0 Å². The van der Waals surface area contributed by atoms with Crippen LogP contribution in [0.5, 0.6) is 0 Å². The average molecular weight is 360 g/mol. The van der Waals surface area contributed by atoms with Crippen molar-refractivity contribution in [1.29, 1.82) is 0 Å². The van der Waals surface area contributed by atoms with E-state index in [1.165, 1.54) is 5.39 Å². The van der Waals surface area contributed by atoms with Crippen LogP contribution in [0.1, 0.15) is 19.4 Å². The summed E-state index contributed by atoms with van der Waals surface area (Å²) in [7, 11) is 0. The number of fused-ring (bicyclic) bond motifs is 2. The van der Waals surface area contributed by atoms with Gasteiger partial charge in [0, 0.05) is 0 Å². The first-order chi connectivity index (χ1) is 12.5. The minimum atomic E-state index is -1.06. The van der Waals surface area contributed by atoms with Gasteiger partial charge in [0.2, 0.25) is 0 Å². The number of hydrogen-bond acceptors (Lipinski definition) is 6. The van der Waals surface area contributed by atoms with Crippen LogP contribution >= 0.6 is 0 Å². The Morgan fingerprint density at radius 2 is 1.88 bits per heavy atom. The highest BCUT2D eigenvalue weighted by Gasteiger charge is 2.56. The minimum absolute atomic E-state index is 0.348. The van der Waals surface area contributed by atoms with Crippen molar-refractivity contribution in [3.8, 4) is 0 Å². The first-order valence-corrected chi connectivity index (χ1v) is 8.86. The molecule has 2 N–H and O–H groups in total. The fraction of sp³-hybridized carbons (Fsp3) is 0.500. The second-order valence-electron chi connectivity index (χ2n) is 7.28. The third-order valence-corrected chi connectivity index (χ3v) is 4.85.